The minimum absolute atomic E-state index is 0.00182. The van der Waals surface area contributed by atoms with Gasteiger partial charge in [0.05, 0.1) is 19.8 Å². The molecule has 1 amide bonds. The molecule has 44 heavy (non-hydrogen) atoms. The summed E-state index contributed by atoms with van der Waals surface area (Å²) in [4.78, 5) is 42.1. The largest absolute Gasteiger partial charge is 0.455 e. The summed E-state index contributed by atoms with van der Waals surface area (Å²) in [6.45, 7) is 0.0906. The molecule has 10 nitrogen and oxygen atoms in total. The lowest BCUT2D eigenvalue weighted by molar-refractivity contribution is -0.166. The highest BCUT2D eigenvalue weighted by molar-refractivity contribution is 6.03. The van der Waals surface area contributed by atoms with E-state index < -0.39 is 48.3 Å². The van der Waals surface area contributed by atoms with E-state index in [2.05, 4.69) is 10.3 Å². The number of esters is 1. The highest BCUT2D eigenvalue weighted by atomic mass is 19.1. The lowest BCUT2D eigenvalue weighted by Crippen LogP contribution is -2.51. The van der Waals surface area contributed by atoms with Crippen molar-refractivity contribution < 1.29 is 32.9 Å². The quantitative estimate of drug-likeness (QED) is 0.237. The van der Waals surface area contributed by atoms with Crippen LogP contribution >= 0.6 is 0 Å². The Kier molecular flexibility index (Phi) is 9.90. The van der Waals surface area contributed by atoms with Gasteiger partial charge in [-0.15, -0.1) is 0 Å². The van der Waals surface area contributed by atoms with Crippen LogP contribution in [0.2, 0.25) is 0 Å². The lowest BCUT2D eigenvalue weighted by Gasteiger charge is -2.32. The molecule has 4 atom stereocenters. The molecular formula is C33H32FN3O7. The summed E-state index contributed by atoms with van der Waals surface area (Å²) in [6.07, 6.45) is -2.38. The van der Waals surface area contributed by atoms with Crippen LogP contribution in [0.15, 0.2) is 108 Å². The maximum Gasteiger partial charge on any atom is 0.351 e. The number of carbonyl (C=O) groups is 2. The maximum absolute atomic E-state index is 15.1. The van der Waals surface area contributed by atoms with Crippen molar-refractivity contribution in [1.29, 1.82) is 0 Å². The lowest BCUT2D eigenvalue weighted by atomic mass is 9.96. The van der Waals surface area contributed by atoms with Gasteiger partial charge in [-0.2, -0.15) is 4.98 Å². The summed E-state index contributed by atoms with van der Waals surface area (Å²) in [7, 11) is 0. The van der Waals surface area contributed by atoms with E-state index in [-0.39, 0.29) is 25.6 Å². The minimum Gasteiger partial charge on any atom is -0.455 e. The van der Waals surface area contributed by atoms with Crippen LogP contribution < -0.4 is 11.0 Å². The number of ether oxygens (including phenoxy) is 4. The van der Waals surface area contributed by atoms with Crippen molar-refractivity contribution in [3.8, 4) is 0 Å². The number of amides is 1. The molecule has 1 saturated heterocycles. The number of aromatic nitrogens is 2. The minimum atomic E-state index is -1.74. The summed E-state index contributed by atoms with van der Waals surface area (Å²) in [6, 6.07) is 28.4. The third-order valence-corrected chi connectivity index (χ3v) is 7.09. The van der Waals surface area contributed by atoms with Crippen molar-refractivity contribution >= 4 is 17.7 Å². The van der Waals surface area contributed by atoms with Gasteiger partial charge in [-0.25, -0.2) is 9.18 Å². The molecule has 0 unspecified atom stereocenters. The molecule has 3 aromatic carbocycles. The Bertz CT molecular complexity index is 1600. The number of anilines is 1. The highest BCUT2D eigenvalue weighted by Crippen LogP contribution is 2.42. The van der Waals surface area contributed by atoms with Crippen molar-refractivity contribution in [2.45, 2.75) is 44.2 Å². The second kappa shape index (κ2) is 14.2. The fourth-order valence-electron chi connectivity index (χ4n) is 4.99. The molecule has 2 heterocycles. The van der Waals surface area contributed by atoms with E-state index in [0.717, 1.165) is 15.7 Å². The Morgan fingerprint density at radius 3 is 2.14 bits per heavy atom. The van der Waals surface area contributed by atoms with Crippen LogP contribution in [-0.2, 0) is 37.0 Å². The summed E-state index contributed by atoms with van der Waals surface area (Å²) in [5, 5.41) is 2.58. The van der Waals surface area contributed by atoms with Gasteiger partial charge in [0.2, 0.25) is 0 Å². The number of alkyl halides is 1. The maximum atomic E-state index is 15.1. The van der Waals surface area contributed by atoms with E-state index in [0.29, 0.717) is 5.56 Å². The van der Waals surface area contributed by atoms with Crippen LogP contribution in [0, 0.1) is 0 Å². The molecule has 0 spiro atoms. The molecule has 228 valence electrons. The first-order valence-electron chi connectivity index (χ1n) is 14.0. The van der Waals surface area contributed by atoms with Gasteiger partial charge in [-0.1, -0.05) is 78.9 Å². The SMILES string of the molecule is CC(=O)O[C@H]1[C@H](n2ccc(NC(=O)c3ccccc3)nc2=O)O[C@](CF)(COCc2ccccc2)[C@H]1OCc1ccccc1. The molecule has 4 aromatic rings. The van der Waals surface area contributed by atoms with Crippen LogP contribution in [0.25, 0.3) is 0 Å². The van der Waals surface area contributed by atoms with Gasteiger partial charge in [-0.05, 0) is 29.3 Å². The van der Waals surface area contributed by atoms with Crippen molar-refractivity contribution in [1.82, 2.24) is 9.55 Å². The predicted octanol–water partition coefficient (Wildman–Crippen LogP) is 4.47. The topological polar surface area (TPSA) is 118 Å². The van der Waals surface area contributed by atoms with E-state index in [4.69, 9.17) is 18.9 Å². The number of carbonyl (C=O) groups excluding carboxylic acids is 2. The molecule has 0 saturated carbocycles. The van der Waals surface area contributed by atoms with Crippen LogP contribution in [0.3, 0.4) is 0 Å². The Balaban J connectivity index is 1.44. The summed E-state index contributed by atoms with van der Waals surface area (Å²) >= 11 is 0. The first kappa shape index (κ1) is 30.7. The van der Waals surface area contributed by atoms with Crippen LogP contribution in [0.4, 0.5) is 10.2 Å². The average Bonchev–Trinajstić information content (AvgIpc) is 3.33. The normalized spacial score (nSPS) is 21.1. The standard InChI is InChI=1S/C33H32FN3O7/c1-23(38)43-28-29(42-20-25-13-7-3-8-14-25)33(21-34,22-41-19-24-11-5-2-6-12-24)44-31(28)37-18-17-27(36-32(37)40)35-30(39)26-15-9-4-10-16-26/h2-18,28-29,31H,19-22H2,1H3,(H,35,36,39,40)/t28-,29+,31-,33-/m1/s1. The zero-order valence-corrected chi connectivity index (χ0v) is 24.0. The van der Waals surface area contributed by atoms with Gasteiger partial charge in [0.15, 0.2) is 17.9 Å². The number of rotatable bonds is 12. The van der Waals surface area contributed by atoms with E-state index in [1.54, 1.807) is 30.3 Å². The number of benzene rings is 3. The predicted molar refractivity (Wildman–Crippen MR) is 158 cm³/mol. The molecule has 0 aliphatic carbocycles. The third-order valence-electron chi connectivity index (χ3n) is 7.09. The first-order valence-corrected chi connectivity index (χ1v) is 14.0. The second-order valence-electron chi connectivity index (χ2n) is 10.3. The summed E-state index contributed by atoms with van der Waals surface area (Å²) in [5.41, 5.74) is -0.516. The monoisotopic (exact) mass is 601 g/mol. The van der Waals surface area contributed by atoms with Gasteiger partial charge >= 0.3 is 11.7 Å². The van der Waals surface area contributed by atoms with Crippen LogP contribution in [0.1, 0.15) is 34.6 Å². The van der Waals surface area contributed by atoms with Gasteiger partial charge in [0.25, 0.3) is 5.91 Å². The van der Waals surface area contributed by atoms with Crippen molar-refractivity contribution in [2.24, 2.45) is 0 Å². The molecule has 0 radical (unpaired) electrons. The summed E-state index contributed by atoms with van der Waals surface area (Å²) < 4.78 is 40.2. The number of nitrogens with one attached hydrogen (secondary N) is 1. The average molecular weight is 602 g/mol. The molecule has 1 N–H and O–H groups in total. The number of halogens is 1. The fourth-order valence-corrected chi connectivity index (χ4v) is 4.99. The molecule has 5 rings (SSSR count). The van der Waals surface area contributed by atoms with Crippen molar-refractivity contribution in [2.75, 3.05) is 18.6 Å². The number of hydrogen-bond acceptors (Lipinski definition) is 8. The third kappa shape index (κ3) is 7.25. The van der Waals surface area contributed by atoms with E-state index in [9.17, 15) is 14.4 Å². The van der Waals surface area contributed by atoms with Gasteiger partial charge < -0.3 is 24.3 Å². The van der Waals surface area contributed by atoms with Crippen molar-refractivity contribution in [3.63, 3.8) is 0 Å². The molecule has 1 fully saturated rings. The zero-order valence-electron chi connectivity index (χ0n) is 24.0. The Morgan fingerprint density at radius 1 is 0.932 bits per heavy atom. The first-order chi connectivity index (χ1) is 21.4. The number of nitrogens with zero attached hydrogens (tertiary/aromatic N) is 2. The second-order valence-corrected chi connectivity index (χ2v) is 10.3. The highest BCUT2D eigenvalue weighted by Gasteiger charge is 2.59. The van der Waals surface area contributed by atoms with Gasteiger partial charge in [0, 0.05) is 18.7 Å². The Hall–Kier alpha value is -4.71. The fraction of sp³-hybridized carbons (Fsp3) is 0.273. The molecule has 1 aromatic heterocycles. The van der Waals surface area contributed by atoms with E-state index in [1.807, 2.05) is 60.7 Å². The number of hydrogen-bond donors (Lipinski definition) is 1. The van der Waals surface area contributed by atoms with E-state index >= 15 is 4.39 Å². The Labute approximate surface area is 253 Å². The van der Waals surface area contributed by atoms with Crippen LogP contribution in [-0.4, -0.2) is 52.5 Å². The molecule has 11 heteroatoms. The molecular weight excluding hydrogens is 569 g/mol. The van der Waals surface area contributed by atoms with Crippen LogP contribution in [0.5, 0.6) is 0 Å². The molecule has 1 aliphatic heterocycles. The Morgan fingerprint density at radius 2 is 1.55 bits per heavy atom. The van der Waals surface area contributed by atoms with Gasteiger partial charge in [0.1, 0.15) is 18.6 Å². The molecule has 1 aliphatic rings. The van der Waals surface area contributed by atoms with Crippen molar-refractivity contribution in [3.05, 3.63) is 130 Å². The van der Waals surface area contributed by atoms with E-state index in [1.165, 1.54) is 19.2 Å². The smallest absolute Gasteiger partial charge is 0.351 e. The van der Waals surface area contributed by atoms with Gasteiger partial charge in [-0.3, -0.25) is 14.2 Å². The zero-order chi connectivity index (χ0) is 30.9. The molecule has 0 bridgehead atoms. The summed E-state index contributed by atoms with van der Waals surface area (Å²) in [5.74, 6) is -1.13.